The molecule has 0 aromatic heterocycles. The van der Waals surface area contributed by atoms with Crippen LogP contribution < -0.4 is 5.43 Å². The lowest BCUT2D eigenvalue weighted by molar-refractivity contribution is 0.0601. The van der Waals surface area contributed by atoms with Gasteiger partial charge in [0.15, 0.2) is 0 Å². The standard InChI is InChI=1S/C13H18N2O2/c1-13(2,3)15-14-9-10-5-7-11(8-6-10)12(16)17-4/h5-9,15H,1-4H3/b14-9-. The van der Waals surface area contributed by atoms with Crippen LogP contribution in [0.3, 0.4) is 0 Å². The molecule has 0 radical (unpaired) electrons. The number of hydrazone groups is 1. The minimum absolute atomic E-state index is 0.0531. The maximum Gasteiger partial charge on any atom is 0.337 e. The summed E-state index contributed by atoms with van der Waals surface area (Å²) >= 11 is 0. The Balaban J connectivity index is 2.66. The number of nitrogens with zero attached hydrogens (tertiary/aromatic N) is 1. The number of esters is 1. The van der Waals surface area contributed by atoms with Crippen molar-refractivity contribution in [3.63, 3.8) is 0 Å². The smallest absolute Gasteiger partial charge is 0.337 e. The monoisotopic (exact) mass is 234 g/mol. The lowest BCUT2D eigenvalue weighted by Crippen LogP contribution is -2.31. The average molecular weight is 234 g/mol. The molecule has 1 aromatic carbocycles. The van der Waals surface area contributed by atoms with Crippen LogP contribution in [0.5, 0.6) is 0 Å². The molecule has 0 heterocycles. The molecule has 0 fully saturated rings. The van der Waals surface area contributed by atoms with Crippen LogP contribution in [0.2, 0.25) is 0 Å². The van der Waals surface area contributed by atoms with Crippen molar-refractivity contribution >= 4 is 12.2 Å². The maximum atomic E-state index is 11.2. The molecule has 92 valence electrons. The molecule has 1 aromatic rings. The van der Waals surface area contributed by atoms with Crippen LogP contribution in [-0.2, 0) is 4.74 Å². The first-order chi connectivity index (χ1) is 7.92. The Morgan fingerprint density at radius 1 is 1.29 bits per heavy atom. The van der Waals surface area contributed by atoms with Crippen molar-refractivity contribution in [1.82, 2.24) is 5.43 Å². The molecule has 1 rings (SSSR count). The third-order valence-electron chi connectivity index (χ3n) is 1.95. The van der Waals surface area contributed by atoms with Gasteiger partial charge in [-0.25, -0.2) is 4.79 Å². The number of hydrogen-bond acceptors (Lipinski definition) is 4. The molecule has 0 amide bonds. The first-order valence-electron chi connectivity index (χ1n) is 5.41. The first-order valence-corrected chi connectivity index (χ1v) is 5.41. The Hall–Kier alpha value is -1.84. The molecule has 17 heavy (non-hydrogen) atoms. The van der Waals surface area contributed by atoms with Gasteiger partial charge in [0, 0.05) is 5.54 Å². The first kappa shape index (κ1) is 13.2. The van der Waals surface area contributed by atoms with Crippen molar-refractivity contribution in [2.45, 2.75) is 26.3 Å². The lowest BCUT2D eigenvalue weighted by atomic mass is 10.1. The number of benzene rings is 1. The van der Waals surface area contributed by atoms with Crippen LogP contribution in [0, 0.1) is 0 Å². The highest BCUT2D eigenvalue weighted by atomic mass is 16.5. The fraction of sp³-hybridized carbons (Fsp3) is 0.385. The molecular weight excluding hydrogens is 216 g/mol. The Labute approximate surface area is 102 Å². The Morgan fingerprint density at radius 2 is 1.88 bits per heavy atom. The van der Waals surface area contributed by atoms with E-state index in [0.717, 1.165) is 5.56 Å². The van der Waals surface area contributed by atoms with Gasteiger partial charge in [-0.3, -0.25) is 0 Å². The second kappa shape index (κ2) is 5.48. The molecule has 0 bridgehead atoms. The van der Waals surface area contributed by atoms with E-state index in [4.69, 9.17) is 0 Å². The van der Waals surface area contributed by atoms with E-state index in [9.17, 15) is 4.79 Å². The van der Waals surface area contributed by atoms with Crippen molar-refractivity contribution in [3.05, 3.63) is 35.4 Å². The van der Waals surface area contributed by atoms with Crippen LogP contribution in [0.4, 0.5) is 0 Å². The number of methoxy groups -OCH3 is 1. The quantitative estimate of drug-likeness (QED) is 0.495. The second-order valence-electron chi connectivity index (χ2n) is 4.73. The van der Waals surface area contributed by atoms with E-state index in [1.807, 2.05) is 32.9 Å². The summed E-state index contributed by atoms with van der Waals surface area (Å²) in [5.41, 5.74) is 4.40. The van der Waals surface area contributed by atoms with Gasteiger partial charge in [-0.1, -0.05) is 12.1 Å². The van der Waals surface area contributed by atoms with Crippen molar-refractivity contribution in [2.24, 2.45) is 5.10 Å². The van der Waals surface area contributed by atoms with Crippen LogP contribution in [0.25, 0.3) is 0 Å². The van der Waals surface area contributed by atoms with Gasteiger partial charge in [0.05, 0.1) is 18.9 Å². The summed E-state index contributed by atoms with van der Waals surface area (Å²) in [6.45, 7) is 6.10. The molecule has 0 aliphatic heterocycles. The molecule has 0 aliphatic carbocycles. The number of hydrogen-bond donors (Lipinski definition) is 1. The van der Waals surface area contributed by atoms with Crippen LogP contribution in [0.1, 0.15) is 36.7 Å². The van der Waals surface area contributed by atoms with Gasteiger partial charge < -0.3 is 10.2 Å². The van der Waals surface area contributed by atoms with Gasteiger partial charge in [-0.2, -0.15) is 5.10 Å². The predicted octanol–water partition coefficient (Wildman–Crippen LogP) is 2.20. The second-order valence-corrected chi connectivity index (χ2v) is 4.73. The van der Waals surface area contributed by atoms with Crippen LogP contribution in [-0.4, -0.2) is 24.8 Å². The van der Waals surface area contributed by atoms with E-state index in [-0.39, 0.29) is 11.5 Å². The molecule has 0 spiro atoms. The highest BCUT2D eigenvalue weighted by Crippen LogP contribution is 2.04. The predicted molar refractivity (Wildman–Crippen MR) is 68.3 cm³/mol. The topological polar surface area (TPSA) is 50.7 Å². The molecule has 1 N–H and O–H groups in total. The summed E-state index contributed by atoms with van der Waals surface area (Å²) in [7, 11) is 1.37. The lowest BCUT2D eigenvalue weighted by Gasteiger charge is -2.16. The summed E-state index contributed by atoms with van der Waals surface area (Å²) in [6.07, 6.45) is 1.71. The fourth-order valence-electron chi connectivity index (χ4n) is 1.12. The normalized spacial score (nSPS) is 11.5. The highest BCUT2D eigenvalue weighted by molar-refractivity contribution is 5.90. The Kier molecular flexibility index (Phi) is 4.26. The minimum atomic E-state index is -0.332. The zero-order valence-electron chi connectivity index (χ0n) is 10.7. The molecule has 0 aliphatic rings. The Bertz CT molecular complexity index is 402. The number of ether oxygens (including phenoxy) is 1. The number of carbonyl (C=O) groups excluding carboxylic acids is 1. The van der Waals surface area contributed by atoms with Gasteiger partial charge >= 0.3 is 5.97 Å². The fourth-order valence-corrected chi connectivity index (χ4v) is 1.12. The van der Waals surface area contributed by atoms with E-state index in [2.05, 4.69) is 15.3 Å². The van der Waals surface area contributed by atoms with E-state index in [1.54, 1.807) is 18.3 Å². The van der Waals surface area contributed by atoms with Crippen LogP contribution in [0.15, 0.2) is 29.4 Å². The van der Waals surface area contributed by atoms with Crippen LogP contribution >= 0.6 is 0 Å². The van der Waals surface area contributed by atoms with E-state index < -0.39 is 0 Å². The number of rotatable bonds is 3. The summed E-state index contributed by atoms with van der Waals surface area (Å²) in [5, 5.41) is 4.12. The molecule has 0 saturated heterocycles. The van der Waals surface area contributed by atoms with Crippen molar-refractivity contribution in [1.29, 1.82) is 0 Å². The zero-order chi connectivity index (χ0) is 12.9. The van der Waals surface area contributed by atoms with Gasteiger partial charge in [0.25, 0.3) is 0 Å². The summed E-state index contributed by atoms with van der Waals surface area (Å²) in [4.78, 5) is 11.2. The van der Waals surface area contributed by atoms with E-state index >= 15 is 0 Å². The minimum Gasteiger partial charge on any atom is -0.465 e. The largest absolute Gasteiger partial charge is 0.465 e. The summed E-state index contributed by atoms with van der Waals surface area (Å²) in [5.74, 6) is -0.332. The van der Waals surface area contributed by atoms with Crippen molar-refractivity contribution in [3.8, 4) is 0 Å². The molecule has 0 atom stereocenters. The van der Waals surface area contributed by atoms with Gasteiger partial charge in [-0.05, 0) is 38.5 Å². The number of carbonyl (C=O) groups is 1. The highest BCUT2D eigenvalue weighted by Gasteiger charge is 2.06. The molecule has 4 heteroatoms. The zero-order valence-corrected chi connectivity index (χ0v) is 10.7. The van der Waals surface area contributed by atoms with Gasteiger partial charge in [0.1, 0.15) is 0 Å². The van der Waals surface area contributed by atoms with Crippen molar-refractivity contribution in [2.75, 3.05) is 7.11 Å². The average Bonchev–Trinajstić information content (AvgIpc) is 2.27. The number of nitrogens with one attached hydrogen (secondary N) is 1. The van der Waals surface area contributed by atoms with E-state index in [1.165, 1.54) is 7.11 Å². The maximum absolute atomic E-state index is 11.2. The van der Waals surface area contributed by atoms with E-state index in [0.29, 0.717) is 5.56 Å². The van der Waals surface area contributed by atoms with Gasteiger partial charge in [-0.15, -0.1) is 0 Å². The van der Waals surface area contributed by atoms with Gasteiger partial charge in [0.2, 0.25) is 0 Å². The molecule has 0 unspecified atom stereocenters. The molecule has 4 nitrogen and oxygen atoms in total. The Morgan fingerprint density at radius 3 is 2.35 bits per heavy atom. The third-order valence-corrected chi connectivity index (χ3v) is 1.95. The summed E-state index contributed by atoms with van der Waals surface area (Å²) < 4.78 is 4.62. The van der Waals surface area contributed by atoms with Crippen molar-refractivity contribution < 1.29 is 9.53 Å². The molecule has 0 saturated carbocycles. The molecular formula is C13H18N2O2. The summed E-state index contributed by atoms with van der Waals surface area (Å²) in [6, 6.07) is 7.06. The third kappa shape index (κ3) is 4.68. The SMILES string of the molecule is COC(=O)c1ccc(/C=N\NC(C)(C)C)cc1.